The van der Waals surface area contributed by atoms with E-state index in [1.807, 2.05) is 0 Å². The Morgan fingerprint density at radius 3 is 2.25 bits per heavy atom. The van der Waals surface area contributed by atoms with Crippen LogP contribution in [0.25, 0.3) is 0 Å². The van der Waals surface area contributed by atoms with E-state index in [0.29, 0.717) is 12.8 Å². The van der Waals surface area contributed by atoms with Gasteiger partial charge in [-0.1, -0.05) is 25.7 Å². The fraction of sp³-hybridized carbons (Fsp3) is 1.00. The third kappa shape index (κ3) is 4.30. The fourth-order valence-electron chi connectivity index (χ4n) is 3.79. The van der Waals surface area contributed by atoms with Crippen molar-refractivity contribution in [2.45, 2.75) is 57.5 Å². The molecule has 1 unspecified atom stereocenters. The van der Waals surface area contributed by atoms with Gasteiger partial charge in [-0.05, 0) is 43.4 Å². The highest BCUT2D eigenvalue weighted by Crippen LogP contribution is 2.39. The van der Waals surface area contributed by atoms with Crippen LogP contribution in [0.2, 0.25) is 0 Å². The summed E-state index contributed by atoms with van der Waals surface area (Å²) in [5, 5.41) is 0. The quantitative estimate of drug-likeness (QED) is 0.592. The van der Waals surface area contributed by atoms with Gasteiger partial charge in [0.05, 0.1) is 5.92 Å². The number of piperidine rings is 1. The van der Waals surface area contributed by atoms with Crippen LogP contribution in [-0.2, 0) is 0 Å². The maximum atomic E-state index is 12.9. The smallest absolute Gasteiger partial charge is 0.302 e. The van der Waals surface area contributed by atoms with E-state index < -0.39 is 12.1 Å². The molecule has 2 fully saturated rings. The Kier molecular flexibility index (Phi) is 5.69. The van der Waals surface area contributed by atoms with Gasteiger partial charge in [-0.3, -0.25) is 0 Å². The lowest BCUT2D eigenvalue weighted by Gasteiger charge is -2.41. The van der Waals surface area contributed by atoms with E-state index >= 15 is 0 Å². The highest BCUT2D eigenvalue weighted by atomic mass is 32.1. The Bertz CT molecular complexity index is 298. The minimum absolute atomic E-state index is 0.146. The number of nitrogens with zero attached hydrogens (tertiary/aromatic N) is 1. The van der Waals surface area contributed by atoms with Crippen molar-refractivity contribution in [2.24, 2.45) is 11.3 Å². The van der Waals surface area contributed by atoms with Gasteiger partial charge in [0.15, 0.2) is 0 Å². The van der Waals surface area contributed by atoms with Gasteiger partial charge in [0, 0.05) is 13.1 Å². The zero-order valence-electron chi connectivity index (χ0n) is 12.1. The minimum atomic E-state index is -4.03. The van der Waals surface area contributed by atoms with E-state index in [-0.39, 0.29) is 12.0 Å². The van der Waals surface area contributed by atoms with E-state index in [0.717, 1.165) is 31.7 Å². The second kappa shape index (κ2) is 6.91. The van der Waals surface area contributed by atoms with Crippen molar-refractivity contribution in [2.75, 3.05) is 25.4 Å². The molecule has 1 aliphatic heterocycles. The molecular formula is C15H26F3NS. The van der Waals surface area contributed by atoms with Crippen LogP contribution in [0.1, 0.15) is 51.4 Å². The first kappa shape index (κ1) is 16.5. The number of likely N-dealkylation sites (tertiary alicyclic amines) is 1. The Morgan fingerprint density at radius 2 is 1.70 bits per heavy atom. The Balaban J connectivity index is 1.96. The van der Waals surface area contributed by atoms with Crippen molar-refractivity contribution in [1.82, 2.24) is 4.90 Å². The van der Waals surface area contributed by atoms with Crippen LogP contribution in [0.3, 0.4) is 0 Å². The van der Waals surface area contributed by atoms with E-state index in [4.69, 9.17) is 0 Å². The Labute approximate surface area is 125 Å². The third-order valence-electron chi connectivity index (χ3n) is 5.03. The maximum absolute atomic E-state index is 12.9. The summed E-state index contributed by atoms with van der Waals surface area (Å²) in [6.45, 7) is 1.82. The van der Waals surface area contributed by atoms with Crippen molar-refractivity contribution in [3.63, 3.8) is 0 Å². The minimum Gasteiger partial charge on any atom is -0.302 e. The van der Waals surface area contributed by atoms with Crippen LogP contribution in [0, 0.1) is 11.3 Å². The molecule has 0 aromatic carbocycles. The second-order valence-corrected chi connectivity index (χ2v) is 7.00. The number of halogens is 3. The predicted molar refractivity (Wildman–Crippen MR) is 79.2 cm³/mol. The molecule has 0 radical (unpaired) electrons. The summed E-state index contributed by atoms with van der Waals surface area (Å²) in [6, 6.07) is 0. The van der Waals surface area contributed by atoms with Crippen molar-refractivity contribution >= 4 is 12.6 Å². The molecule has 1 heterocycles. The zero-order chi connectivity index (χ0) is 14.6. The molecule has 2 rings (SSSR count). The van der Waals surface area contributed by atoms with Gasteiger partial charge in [-0.2, -0.15) is 25.8 Å². The molecule has 0 N–H and O–H groups in total. The molecule has 0 spiro atoms. The fourth-order valence-corrected chi connectivity index (χ4v) is 4.20. The summed E-state index contributed by atoms with van der Waals surface area (Å²) in [7, 11) is 0. The number of alkyl halides is 3. The van der Waals surface area contributed by atoms with E-state index in [9.17, 15) is 13.2 Å². The summed E-state index contributed by atoms with van der Waals surface area (Å²) >= 11 is 4.53. The summed E-state index contributed by atoms with van der Waals surface area (Å²) in [4.78, 5) is 2.06. The van der Waals surface area contributed by atoms with E-state index in [1.165, 1.54) is 25.7 Å². The number of rotatable bonds is 3. The average Bonchev–Trinajstić information content (AvgIpc) is 2.64. The lowest BCUT2D eigenvalue weighted by atomic mass is 9.81. The van der Waals surface area contributed by atoms with Crippen molar-refractivity contribution in [3.05, 3.63) is 0 Å². The van der Waals surface area contributed by atoms with Gasteiger partial charge in [-0.25, -0.2) is 0 Å². The normalized spacial score (nSPS) is 29.1. The topological polar surface area (TPSA) is 3.24 Å². The van der Waals surface area contributed by atoms with Crippen LogP contribution in [0.15, 0.2) is 0 Å². The number of hydrogen-bond acceptors (Lipinski definition) is 2. The maximum Gasteiger partial charge on any atom is 0.393 e. The predicted octanol–water partition coefficient (Wildman–Crippen LogP) is 4.53. The van der Waals surface area contributed by atoms with E-state index in [2.05, 4.69) is 17.5 Å². The molecule has 118 valence electrons. The summed E-state index contributed by atoms with van der Waals surface area (Å²) < 4.78 is 38.7. The first-order valence-electron chi connectivity index (χ1n) is 7.85. The molecule has 20 heavy (non-hydrogen) atoms. The van der Waals surface area contributed by atoms with Crippen LogP contribution in [-0.4, -0.2) is 36.5 Å². The monoisotopic (exact) mass is 309 g/mol. The summed E-state index contributed by atoms with van der Waals surface area (Å²) in [5.41, 5.74) is 0.146. The van der Waals surface area contributed by atoms with Crippen molar-refractivity contribution in [1.29, 1.82) is 0 Å². The molecule has 1 aliphatic carbocycles. The lowest BCUT2D eigenvalue weighted by molar-refractivity contribution is -0.187. The third-order valence-corrected chi connectivity index (χ3v) is 5.70. The van der Waals surface area contributed by atoms with Crippen LogP contribution < -0.4 is 0 Å². The highest BCUT2D eigenvalue weighted by molar-refractivity contribution is 7.80. The lowest BCUT2D eigenvalue weighted by Crippen LogP contribution is -2.47. The summed E-state index contributed by atoms with van der Waals surface area (Å²) in [6.07, 6.45) is 4.14. The molecule has 1 saturated heterocycles. The Morgan fingerprint density at radius 1 is 1.05 bits per heavy atom. The molecule has 2 aliphatic rings. The molecule has 0 bridgehead atoms. The average molecular weight is 309 g/mol. The van der Waals surface area contributed by atoms with Crippen LogP contribution in [0.5, 0.6) is 0 Å². The molecule has 1 saturated carbocycles. The SMILES string of the molecule is FC(F)(F)C1CCCN(CC2(CS)CCCCCC2)C1. The molecule has 0 aromatic heterocycles. The molecule has 5 heteroatoms. The number of thiol groups is 1. The van der Waals surface area contributed by atoms with Crippen molar-refractivity contribution < 1.29 is 13.2 Å². The van der Waals surface area contributed by atoms with E-state index in [1.54, 1.807) is 0 Å². The molecule has 0 aromatic rings. The van der Waals surface area contributed by atoms with Gasteiger partial charge in [0.25, 0.3) is 0 Å². The van der Waals surface area contributed by atoms with Gasteiger partial charge < -0.3 is 4.90 Å². The molecular weight excluding hydrogens is 283 g/mol. The van der Waals surface area contributed by atoms with Crippen molar-refractivity contribution in [3.8, 4) is 0 Å². The molecule has 1 atom stereocenters. The largest absolute Gasteiger partial charge is 0.393 e. The first-order chi connectivity index (χ1) is 9.45. The van der Waals surface area contributed by atoms with Gasteiger partial charge >= 0.3 is 6.18 Å². The molecule has 1 nitrogen and oxygen atoms in total. The van der Waals surface area contributed by atoms with Crippen LogP contribution >= 0.6 is 12.6 Å². The Hall–Kier alpha value is 0.100. The standard InChI is InChI=1S/C15H26F3NS/c16-15(17,18)13-6-5-9-19(10-13)11-14(12-20)7-3-1-2-4-8-14/h13,20H,1-12H2. The van der Waals surface area contributed by atoms with Gasteiger partial charge in [0.2, 0.25) is 0 Å². The second-order valence-electron chi connectivity index (χ2n) is 6.69. The highest BCUT2D eigenvalue weighted by Gasteiger charge is 2.43. The zero-order valence-corrected chi connectivity index (χ0v) is 13.0. The number of hydrogen-bond donors (Lipinski definition) is 1. The van der Waals surface area contributed by atoms with Gasteiger partial charge in [-0.15, -0.1) is 0 Å². The summed E-state index contributed by atoms with van der Waals surface area (Å²) in [5.74, 6) is -0.320. The molecule has 0 amide bonds. The van der Waals surface area contributed by atoms with Gasteiger partial charge in [0.1, 0.15) is 0 Å². The van der Waals surface area contributed by atoms with Crippen LogP contribution in [0.4, 0.5) is 13.2 Å². The first-order valence-corrected chi connectivity index (χ1v) is 8.48.